The van der Waals surface area contributed by atoms with Crippen molar-refractivity contribution in [2.75, 3.05) is 10.6 Å². The molecule has 120 valence electrons. The zero-order valence-electron chi connectivity index (χ0n) is 13.5. The van der Waals surface area contributed by atoms with Crippen LogP contribution in [0, 0.1) is 11.8 Å². The van der Waals surface area contributed by atoms with Crippen LogP contribution in [-0.4, -0.2) is 26.4 Å². The predicted molar refractivity (Wildman–Crippen MR) is 87.2 cm³/mol. The molecule has 0 aliphatic rings. The number of anilines is 1. The van der Waals surface area contributed by atoms with Crippen LogP contribution in [0.4, 0.5) is 10.5 Å². The zero-order valence-corrected chi connectivity index (χ0v) is 14.3. The number of ether oxygens (including phenoxy) is 1. The van der Waals surface area contributed by atoms with Gasteiger partial charge in [-0.1, -0.05) is 18.8 Å². The molecular weight excluding hydrogens is 302 g/mol. The molecule has 0 heterocycles. The highest BCUT2D eigenvalue weighted by molar-refractivity contribution is 7.92. The molecule has 0 saturated carbocycles. The summed E-state index contributed by atoms with van der Waals surface area (Å²) in [5.74, 6) is 5.86. The molecule has 0 fully saturated rings. The van der Waals surface area contributed by atoms with Gasteiger partial charge in [0.1, 0.15) is 5.60 Å². The smallest absolute Gasteiger partial charge is 0.428 e. The first kappa shape index (κ1) is 18.1. The number of rotatable bonds is 2. The standard InChI is InChI=1S/C16H21NO4S/c1-6-7-8-13-9-11-14(12-10-13)17(22(5,19)20)15(18)21-16(2,3)4/h9-12H,6H2,1-5H3. The van der Waals surface area contributed by atoms with Gasteiger partial charge in [0.15, 0.2) is 0 Å². The fraction of sp³-hybridized carbons (Fsp3) is 0.438. The summed E-state index contributed by atoms with van der Waals surface area (Å²) < 4.78 is 29.6. The first-order chi connectivity index (χ1) is 10.0. The molecule has 0 saturated heterocycles. The average Bonchev–Trinajstić information content (AvgIpc) is 2.34. The summed E-state index contributed by atoms with van der Waals surface area (Å²) in [5.41, 5.74) is 0.189. The highest BCUT2D eigenvalue weighted by Crippen LogP contribution is 2.21. The number of amides is 1. The largest absolute Gasteiger partial charge is 0.443 e. The van der Waals surface area contributed by atoms with Gasteiger partial charge in [0, 0.05) is 12.0 Å². The SMILES string of the molecule is CCC#Cc1ccc(N(C(=O)OC(C)(C)C)S(C)(=O)=O)cc1. The predicted octanol–water partition coefficient (Wildman–Crippen LogP) is 3.15. The van der Waals surface area contributed by atoms with Crippen LogP contribution in [0.3, 0.4) is 0 Å². The van der Waals surface area contributed by atoms with Crippen molar-refractivity contribution >= 4 is 21.8 Å². The van der Waals surface area contributed by atoms with Gasteiger partial charge in [0.25, 0.3) is 0 Å². The topological polar surface area (TPSA) is 63.7 Å². The third-order valence-electron chi connectivity index (χ3n) is 2.40. The van der Waals surface area contributed by atoms with Gasteiger partial charge in [0.05, 0.1) is 11.9 Å². The molecule has 0 spiro atoms. The Kier molecular flexibility index (Phi) is 5.61. The summed E-state index contributed by atoms with van der Waals surface area (Å²) in [6.07, 6.45) is 0.763. The Balaban J connectivity index is 3.16. The van der Waals surface area contributed by atoms with Gasteiger partial charge in [-0.2, -0.15) is 4.31 Å². The maximum absolute atomic E-state index is 12.2. The molecule has 1 amide bonds. The minimum Gasteiger partial charge on any atom is -0.443 e. The zero-order chi connectivity index (χ0) is 17.0. The maximum Gasteiger partial charge on any atom is 0.428 e. The number of carbonyl (C=O) groups is 1. The van der Waals surface area contributed by atoms with Gasteiger partial charge < -0.3 is 4.74 Å². The highest BCUT2D eigenvalue weighted by Gasteiger charge is 2.30. The molecule has 1 aromatic rings. The van der Waals surface area contributed by atoms with Crippen LogP contribution in [0.25, 0.3) is 0 Å². The van der Waals surface area contributed by atoms with Crippen LogP contribution >= 0.6 is 0 Å². The van der Waals surface area contributed by atoms with Gasteiger partial charge in [0.2, 0.25) is 10.0 Å². The second-order valence-corrected chi connectivity index (χ2v) is 7.54. The van der Waals surface area contributed by atoms with Crippen molar-refractivity contribution < 1.29 is 17.9 Å². The summed E-state index contributed by atoms with van der Waals surface area (Å²) in [5, 5.41) is 0. The molecule has 0 atom stereocenters. The van der Waals surface area contributed by atoms with Gasteiger partial charge in [-0.3, -0.25) is 0 Å². The molecule has 0 bridgehead atoms. The molecule has 0 unspecified atom stereocenters. The molecule has 0 N–H and O–H groups in total. The Labute approximate surface area is 132 Å². The van der Waals surface area contributed by atoms with Crippen LogP contribution in [0.15, 0.2) is 24.3 Å². The lowest BCUT2D eigenvalue weighted by Gasteiger charge is -2.25. The van der Waals surface area contributed by atoms with E-state index < -0.39 is 21.7 Å². The first-order valence-corrected chi connectivity index (χ1v) is 8.71. The lowest BCUT2D eigenvalue weighted by molar-refractivity contribution is 0.0609. The quantitative estimate of drug-likeness (QED) is 0.784. The Morgan fingerprint density at radius 3 is 2.18 bits per heavy atom. The van der Waals surface area contributed by atoms with Gasteiger partial charge >= 0.3 is 6.09 Å². The number of sulfonamides is 1. The maximum atomic E-state index is 12.2. The molecular formula is C16H21NO4S. The van der Waals surface area contributed by atoms with E-state index >= 15 is 0 Å². The van der Waals surface area contributed by atoms with Crippen molar-refractivity contribution in [3.05, 3.63) is 29.8 Å². The number of nitrogens with zero attached hydrogens (tertiary/aromatic N) is 1. The van der Waals surface area contributed by atoms with Crippen LogP contribution in [0.5, 0.6) is 0 Å². The number of benzene rings is 1. The first-order valence-electron chi connectivity index (χ1n) is 6.87. The Morgan fingerprint density at radius 2 is 1.77 bits per heavy atom. The second-order valence-electron chi connectivity index (χ2n) is 5.71. The van der Waals surface area contributed by atoms with Crippen LogP contribution in [-0.2, 0) is 14.8 Å². The molecule has 0 radical (unpaired) electrons. The molecule has 6 heteroatoms. The molecule has 1 rings (SSSR count). The van der Waals surface area contributed by atoms with E-state index in [0.717, 1.165) is 18.2 Å². The monoisotopic (exact) mass is 323 g/mol. The molecule has 0 aliphatic heterocycles. The van der Waals surface area contributed by atoms with Gasteiger partial charge in [-0.15, -0.1) is 0 Å². The highest BCUT2D eigenvalue weighted by atomic mass is 32.2. The fourth-order valence-electron chi connectivity index (χ4n) is 1.61. The van der Waals surface area contributed by atoms with E-state index in [0.29, 0.717) is 4.31 Å². The Hall–Kier alpha value is -2.00. The third-order valence-corrected chi connectivity index (χ3v) is 3.43. The second kappa shape index (κ2) is 6.84. The van der Waals surface area contributed by atoms with Crippen molar-refractivity contribution in [3.63, 3.8) is 0 Å². The van der Waals surface area contributed by atoms with Crippen LogP contribution in [0.2, 0.25) is 0 Å². The van der Waals surface area contributed by atoms with E-state index in [4.69, 9.17) is 4.74 Å². The average molecular weight is 323 g/mol. The summed E-state index contributed by atoms with van der Waals surface area (Å²) in [7, 11) is -3.80. The van der Waals surface area contributed by atoms with E-state index in [9.17, 15) is 13.2 Å². The van der Waals surface area contributed by atoms with Crippen molar-refractivity contribution in [1.82, 2.24) is 0 Å². The lowest BCUT2D eigenvalue weighted by atomic mass is 10.2. The molecule has 22 heavy (non-hydrogen) atoms. The number of hydrogen-bond acceptors (Lipinski definition) is 4. The van der Waals surface area contributed by atoms with Crippen LogP contribution < -0.4 is 4.31 Å². The molecule has 0 aliphatic carbocycles. The minimum absolute atomic E-state index is 0.221. The van der Waals surface area contributed by atoms with Gasteiger partial charge in [-0.25, -0.2) is 13.2 Å². The van der Waals surface area contributed by atoms with Gasteiger partial charge in [-0.05, 0) is 45.0 Å². The van der Waals surface area contributed by atoms with E-state index in [1.807, 2.05) is 6.92 Å². The van der Waals surface area contributed by atoms with Crippen molar-refractivity contribution in [3.8, 4) is 11.8 Å². The molecule has 0 aromatic heterocycles. The van der Waals surface area contributed by atoms with E-state index in [1.54, 1.807) is 32.9 Å². The summed E-state index contributed by atoms with van der Waals surface area (Å²) in [6, 6.07) is 6.40. The fourth-order valence-corrected chi connectivity index (χ4v) is 2.42. The lowest BCUT2D eigenvalue weighted by Crippen LogP contribution is -2.40. The van der Waals surface area contributed by atoms with Crippen molar-refractivity contribution in [2.24, 2.45) is 0 Å². The van der Waals surface area contributed by atoms with E-state index in [1.165, 1.54) is 12.1 Å². The van der Waals surface area contributed by atoms with E-state index in [2.05, 4.69) is 11.8 Å². The summed E-state index contributed by atoms with van der Waals surface area (Å²) in [4.78, 5) is 12.2. The minimum atomic E-state index is -3.80. The van der Waals surface area contributed by atoms with E-state index in [-0.39, 0.29) is 5.69 Å². The van der Waals surface area contributed by atoms with Crippen LogP contribution in [0.1, 0.15) is 39.7 Å². The molecule has 5 nitrogen and oxygen atoms in total. The summed E-state index contributed by atoms with van der Waals surface area (Å²) in [6.45, 7) is 6.97. The number of carbonyl (C=O) groups excluding carboxylic acids is 1. The van der Waals surface area contributed by atoms with Crippen molar-refractivity contribution in [1.29, 1.82) is 0 Å². The summed E-state index contributed by atoms with van der Waals surface area (Å²) >= 11 is 0. The number of hydrogen-bond donors (Lipinski definition) is 0. The normalized spacial score (nSPS) is 11.3. The molecule has 1 aromatic carbocycles. The van der Waals surface area contributed by atoms with Crippen molar-refractivity contribution in [2.45, 2.75) is 39.7 Å². The third kappa shape index (κ3) is 5.41. The Bertz CT molecular complexity index is 688. The Morgan fingerprint density at radius 1 is 1.23 bits per heavy atom.